The summed E-state index contributed by atoms with van der Waals surface area (Å²) in [6.45, 7) is 1.01. The van der Waals surface area contributed by atoms with Gasteiger partial charge in [-0.3, -0.25) is 4.79 Å². The Morgan fingerprint density at radius 3 is 2.79 bits per heavy atom. The Bertz CT molecular complexity index is 1330. The Morgan fingerprint density at radius 2 is 2.00 bits per heavy atom. The molecule has 168 valence electrons. The maximum absolute atomic E-state index is 14.1. The van der Waals surface area contributed by atoms with E-state index in [2.05, 4.69) is 20.3 Å². The summed E-state index contributed by atoms with van der Waals surface area (Å²) in [5.74, 6) is -0.441. The van der Waals surface area contributed by atoms with Crippen molar-refractivity contribution in [3.8, 4) is 11.3 Å². The molecule has 0 bridgehead atoms. The number of benzene rings is 2. The third kappa shape index (κ3) is 4.21. The number of rotatable bonds is 4. The van der Waals surface area contributed by atoms with Crippen LogP contribution in [0.3, 0.4) is 0 Å². The molecule has 0 unspecified atom stereocenters. The number of para-hydroxylation sites is 1. The fraction of sp³-hybridized carbons (Fsp3) is 0.208. The highest BCUT2D eigenvalue weighted by Gasteiger charge is 2.26. The maximum Gasteiger partial charge on any atom is 0.256 e. The molecule has 9 heteroatoms. The van der Waals surface area contributed by atoms with Crippen LogP contribution < -0.4 is 11.1 Å². The number of aromatic amines is 1. The number of nitrogens with one attached hydrogen (secondary N) is 2. The van der Waals surface area contributed by atoms with Gasteiger partial charge in [-0.2, -0.15) is 0 Å². The molecule has 1 amide bonds. The second-order valence-electron chi connectivity index (χ2n) is 8.09. The summed E-state index contributed by atoms with van der Waals surface area (Å²) >= 11 is 6.42. The first-order chi connectivity index (χ1) is 16.0. The van der Waals surface area contributed by atoms with E-state index in [9.17, 15) is 9.18 Å². The molecule has 4 aromatic rings. The lowest BCUT2D eigenvalue weighted by Gasteiger charge is -2.32. The van der Waals surface area contributed by atoms with Crippen molar-refractivity contribution < 1.29 is 9.18 Å². The molecule has 33 heavy (non-hydrogen) atoms. The summed E-state index contributed by atoms with van der Waals surface area (Å²) in [5.41, 5.74) is 8.48. The Labute approximate surface area is 194 Å². The number of halogens is 2. The first-order valence-corrected chi connectivity index (χ1v) is 11.1. The zero-order chi connectivity index (χ0) is 22.9. The molecule has 2 aromatic heterocycles. The first kappa shape index (κ1) is 21.2. The van der Waals surface area contributed by atoms with Crippen molar-refractivity contribution in [2.45, 2.75) is 18.9 Å². The highest BCUT2D eigenvalue weighted by Crippen LogP contribution is 2.32. The molecule has 0 saturated carbocycles. The minimum Gasteiger partial charge on any atom is -0.399 e. The Balaban J connectivity index is 1.28. The molecule has 5 rings (SSSR count). The van der Waals surface area contributed by atoms with Crippen LogP contribution >= 0.6 is 11.6 Å². The normalized spacial score (nSPS) is 14.5. The Kier molecular flexibility index (Phi) is 5.60. The smallest absolute Gasteiger partial charge is 0.256 e. The minimum atomic E-state index is -0.598. The lowest BCUT2D eigenvalue weighted by atomic mass is 10.0. The van der Waals surface area contributed by atoms with E-state index in [4.69, 9.17) is 17.3 Å². The predicted octanol–water partition coefficient (Wildman–Crippen LogP) is 4.72. The quantitative estimate of drug-likeness (QED) is 0.379. The van der Waals surface area contributed by atoms with Crippen molar-refractivity contribution in [1.82, 2.24) is 19.9 Å². The van der Waals surface area contributed by atoms with Crippen molar-refractivity contribution in [3.63, 3.8) is 0 Å². The van der Waals surface area contributed by atoms with E-state index in [1.165, 1.54) is 18.2 Å². The van der Waals surface area contributed by atoms with Crippen molar-refractivity contribution in [3.05, 3.63) is 71.3 Å². The van der Waals surface area contributed by atoms with Crippen molar-refractivity contribution in [2.75, 3.05) is 24.1 Å². The van der Waals surface area contributed by atoms with Gasteiger partial charge in [0, 0.05) is 47.5 Å². The molecule has 0 spiro atoms. The number of carbonyl (C=O) groups is 1. The summed E-state index contributed by atoms with van der Waals surface area (Å²) in [6, 6.07) is 12.2. The van der Waals surface area contributed by atoms with Gasteiger partial charge in [0.1, 0.15) is 5.82 Å². The van der Waals surface area contributed by atoms with Gasteiger partial charge >= 0.3 is 0 Å². The number of aromatic nitrogens is 3. The second kappa shape index (κ2) is 8.71. The van der Waals surface area contributed by atoms with Crippen LogP contribution in [0.25, 0.3) is 22.2 Å². The number of H-pyrrole nitrogens is 1. The third-order valence-electron chi connectivity index (χ3n) is 5.93. The number of amides is 1. The van der Waals surface area contributed by atoms with Gasteiger partial charge in [0.05, 0.1) is 22.5 Å². The van der Waals surface area contributed by atoms with Crippen molar-refractivity contribution in [1.29, 1.82) is 0 Å². The zero-order valence-electron chi connectivity index (χ0n) is 17.7. The predicted molar refractivity (Wildman–Crippen MR) is 128 cm³/mol. The number of piperidine rings is 1. The van der Waals surface area contributed by atoms with Crippen LogP contribution in [-0.4, -0.2) is 44.9 Å². The third-order valence-corrected chi connectivity index (χ3v) is 6.20. The molecule has 4 N–H and O–H groups in total. The maximum atomic E-state index is 14.1. The lowest BCUT2D eigenvalue weighted by molar-refractivity contribution is 0.0713. The Hall–Kier alpha value is -3.65. The molecule has 0 radical (unpaired) electrons. The number of anilines is 2. The largest absolute Gasteiger partial charge is 0.399 e. The van der Waals surface area contributed by atoms with Crippen LogP contribution in [0.2, 0.25) is 5.02 Å². The zero-order valence-corrected chi connectivity index (χ0v) is 18.4. The molecule has 2 aromatic carbocycles. The number of carbonyl (C=O) groups excluding carboxylic acids is 1. The van der Waals surface area contributed by atoms with Crippen LogP contribution in [0.15, 0.2) is 54.9 Å². The fourth-order valence-electron chi connectivity index (χ4n) is 4.18. The van der Waals surface area contributed by atoms with Gasteiger partial charge < -0.3 is 20.9 Å². The van der Waals surface area contributed by atoms with Crippen LogP contribution in [0.4, 0.5) is 16.0 Å². The monoisotopic (exact) mass is 464 g/mol. The highest BCUT2D eigenvalue weighted by atomic mass is 35.5. The molecule has 1 aliphatic heterocycles. The number of nitrogen functional groups attached to an aromatic ring is 1. The fourth-order valence-corrected chi connectivity index (χ4v) is 4.37. The van der Waals surface area contributed by atoms with Crippen molar-refractivity contribution >= 4 is 40.0 Å². The minimum absolute atomic E-state index is 0.0417. The SMILES string of the molecule is Nc1ccc(C(=O)N2CCC(Nc3ncc(Cl)c(-c4c[nH]c5ccccc45)n3)CC2)c(F)c1. The van der Waals surface area contributed by atoms with E-state index >= 15 is 0 Å². The van der Waals surface area contributed by atoms with E-state index in [1.807, 2.05) is 30.5 Å². The summed E-state index contributed by atoms with van der Waals surface area (Å²) in [6.07, 6.45) is 4.87. The van der Waals surface area contributed by atoms with Crippen LogP contribution in [-0.2, 0) is 0 Å². The van der Waals surface area contributed by atoms with E-state index in [0.29, 0.717) is 48.3 Å². The number of nitrogens with two attached hydrogens (primary N) is 1. The topological polar surface area (TPSA) is 99.9 Å². The molecule has 1 aliphatic rings. The average molecular weight is 465 g/mol. The summed E-state index contributed by atoms with van der Waals surface area (Å²) < 4.78 is 14.1. The number of hydrogen-bond donors (Lipinski definition) is 3. The van der Waals surface area contributed by atoms with Crippen LogP contribution in [0, 0.1) is 5.82 Å². The summed E-state index contributed by atoms with van der Waals surface area (Å²) in [5, 5.41) is 4.86. The molecule has 0 aliphatic carbocycles. The van der Waals surface area contributed by atoms with E-state index in [1.54, 1.807) is 11.1 Å². The number of hydrogen-bond acceptors (Lipinski definition) is 5. The van der Waals surface area contributed by atoms with E-state index < -0.39 is 5.82 Å². The van der Waals surface area contributed by atoms with Crippen LogP contribution in [0.1, 0.15) is 23.2 Å². The van der Waals surface area contributed by atoms with Gasteiger partial charge in [0.2, 0.25) is 5.95 Å². The van der Waals surface area contributed by atoms with Crippen molar-refractivity contribution in [2.24, 2.45) is 0 Å². The first-order valence-electron chi connectivity index (χ1n) is 10.7. The highest BCUT2D eigenvalue weighted by molar-refractivity contribution is 6.33. The molecule has 1 saturated heterocycles. The molecule has 1 fully saturated rings. The van der Waals surface area contributed by atoms with E-state index in [-0.39, 0.29) is 17.5 Å². The van der Waals surface area contributed by atoms with E-state index in [0.717, 1.165) is 16.5 Å². The average Bonchev–Trinajstić information content (AvgIpc) is 3.24. The van der Waals surface area contributed by atoms with Crippen LogP contribution in [0.5, 0.6) is 0 Å². The Morgan fingerprint density at radius 1 is 1.21 bits per heavy atom. The number of likely N-dealkylation sites (tertiary alicyclic amines) is 1. The van der Waals surface area contributed by atoms with Gasteiger partial charge in [-0.25, -0.2) is 14.4 Å². The standard InChI is InChI=1S/C24H22ClFN6O/c25-19-13-29-24(31-22(19)18-12-28-21-4-2-1-3-16(18)21)30-15-7-9-32(10-8-15)23(33)17-6-5-14(27)11-20(17)26/h1-6,11-13,15,28H,7-10,27H2,(H,29,30,31). The number of nitrogens with zero attached hydrogens (tertiary/aromatic N) is 3. The molecule has 3 heterocycles. The molecule has 7 nitrogen and oxygen atoms in total. The summed E-state index contributed by atoms with van der Waals surface area (Å²) in [4.78, 5) is 26.6. The molecular weight excluding hydrogens is 443 g/mol. The van der Waals surface area contributed by atoms with Gasteiger partial charge in [-0.15, -0.1) is 0 Å². The van der Waals surface area contributed by atoms with Gasteiger partial charge in [-0.05, 0) is 37.1 Å². The van der Waals surface area contributed by atoms with Gasteiger partial charge in [-0.1, -0.05) is 29.8 Å². The lowest BCUT2D eigenvalue weighted by Crippen LogP contribution is -2.42. The summed E-state index contributed by atoms with van der Waals surface area (Å²) in [7, 11) is 0. The number of fused-ring (bicyclic) bond motifs is 1. The molecule has 0 atom stereocenters. The van der Waals surface area contributed by atoms with Gasteiger partial charge in [0.15, 0.2) is 0 Å². The molecular formula is C24H22ClFN6O. The second-order valence-corrected chi connectivity index (χ2v) is 8.50. The van der Waals surface area contributed by atoms with Gasteiger partial charge in [0.25, 0.3) is 5.91 Å².